The highest BCUT2D eigenvalue weighted by molar-refractivity contribution is 5.69. The topological polar surface area (TPSA) is 108 Å². The van der Waals surface area contributed by atoms with Crippen molar-refractivity contribution in [1.82, 2.24) is 14.5 Å². The van der Waals surface area contributed by atoms with Crippen LogP contribution in [-0.2, 0) is 4.74 Å². The van der Waals surface area contributed by atoms with Crippen LogP contribution in [0.25, 0.3) is 0 Å². The minimum absolute atomic E-state index is 0.0187. The van der Waals surface area contributed by atoms with Crippen LogP contribution < -0.4 is 11.2 Å². The van der Waals surface area contributed by atoms with Crippen molar-refractivity contribution in [3.63, 3.8) is 0 Å². The lowest BCUT2D eigenvalue weighted by Gasteiger charge is -2.34. The van der Waals surface area contributed by atoms with E-state index in [1.165, 1.54) is 4.57 Å². The molecule has 1 aromatic heterocycles. The zero-order valence-electron chi connectivity index (χ0n) is 12.9. The number of carbonyl (C=O) groups is 1. The van der Waals surface area contributed by atoms with Crippen LogP contribution in [0.4, 0.5) is 4.79 Å². The summed E-state index contributed by atoms with van der Waals surface area (Å²) in [4.78, 5) is 39.4. The average Bonchev–Trinajstić information content (AvgIpc) is 2.94. The molecule has 0 spiro atoms. The fourth-order valence-corrected chi connectivity index (χ4v) is 3.59. The maximum atomic E-state index is 12.1. The highest BCUT2D eigenvalue weighted by atomic mass is 16.6. The molecule has 122 valence electrons. The van der Waals surface area contributed by atoms with Crippen molar-refractivity contribution >= 4 is 6.09 Å². The first-order chi connectivity index (χ1) is 11.0. The van der Waals surface area contributed by atoms with Gasteiger partial charge in [-0.05, 0) is 32.6 Å². The molecule has 0 bridgehead atoms. The summed E-state index contributed by atoms with van der Waals surface area (Å²) in [7, 11) is 0. The third-order valence-electron chi connectivity index (χ3n) is 4.77. The molecule has 1 aliphatic carbocycles. The number of amides is 1. The van der Waals surface area contributed by atoms with E-state index in [4.69, 9.17) is 10.00 Å². The largest absolute Gasteiger partial charge is 0.448 e. The Labute approximate surface area is 132 Å². The lowest BCUT2D eigenvalue weighted by molar-refractivity contribution is 0.132. The van der Waals surface area contributed by atoms with Crippen molar-refractivity contribution in [2.24, 2.45) is 0 Å². The number of aromatic amines is 1. The van der Waals surface area contributed by atoms with Crippen molar-refractivity contribution in [3.05, 3.63) is 32.1 Å². The Bertz CT molecular complexity index is 780. The van der Waals surface area contributed by atoms with Crippen LogP contribution in [0.15, 0.2) is 9.59 Å². The van der Waals surface area contributed by atoms with Crippen LogP contribution >= 0.6 is 0 Å². The number of nitrogens with one attached hydrogen (secondary N) is 1. The number of nitriles is 1. The Morgan fingerprint density at radius 2 is 1.83 bits per heavy atom. The minimum Gasteiger partial charge on any atom is -0.448 e. The number of aromatic nitrogens is 2. The molecule has 8 nitrogen and oxygen atoms in total. The third-order valence-corrected chi connectivity index (χ3v) is 4.77. The third kappa shape index (κ3) is 2.63. The van der Waals surface area contributed by atoms with E-state index >= 15 is 0 Å². The molecule has 23 heavy (non-hydrogen) atoms. The van der Waals surface area contributed by atoms with E-state index in [1.807, 2.05) is 6.07 Å². The van der Waals surface area contributed by atoms with Crippen LogP contribution in [0.5, 0.6) is 0 Å². The van der Waals surface area contributed by atoms with Crippen LogP contribution in [0.2, 0.25) is 0 Å². The van der Waals surface area contributed by atoms with Crippen LogP contribution in [0, 0.1) is 18.3 Å². The van der Waals surface area contributed by atoms with Gasteiger partial charge in [0, 0.05) is 17.8 Å². The first-order valence-electron chi connectivity index (χ1n) is 7.72. The summed E-state index contributed by atoms with van der Waals surface area (Å²) in [5.74, 6) is 0. The van der Waals surface area contributed by atoms with Gasteiger partial charge in [0.25, 0.3) is 5.56 Å². The number of rotatable bonds is 2. The van der Waals surface area contributed by atoms with Gasteiger partial charge < -0.3 is 9.64 Å². The van der Waals surface area contributed by atoms with Gasteiger partial charge in [0.1, 0.15) is 18.2 Å². The summed E-state index contributed by atoms with van der Waals surface area (Å²) < 4.78 is 6.48. The van der Waals surface area contributed by atoms with Gasteiger partial charge in [-0.25, -0.2) is 9.59 Å². The summed E-state index contributed by atoms with van der Waals surface area (Å²) in [6.07, 6.45) is 2.70. The molecule has 0 atom stereocenters. The Hall–Kier alpha value is -2.56. The molecular weight excluding hydrogens is 300 g/mol. The predicted octanol–water partition coefficient (Wildman–Crippen LogP) is 0.653. The highest BCUT2D eigenvalue weighted by Crippen LogP contribution is 2.32. The lowest BCUT2D eigenvalue weighted by atomic mass is 9.90. The molecule has 1 N–H and O–H groups in total. The molecule has 1 saturated carbocycles. The van der Waals surface area contributed by atoms with Crippen molar-refractivity contribution in [2.45, 2.75) is 44.7 Å². The van der Waals surface area contributed by atoms with Gasteiger partial charge in [-0.15, -0.1) is 0 Å². The zero-order valence-corrected chi connectivity index (χ0v) is 12.9. The number of H-pyrrole nitrogens is 1. The van der Waals surface area contributed by atoms with E-state index in [0.717, 1.165) is 12.8 Å². The number of carbonyl (C=O) groups excluding carboxylic acids is 1. The van der Waals surface area contributed by atoms with Crippen molar-refractivity contribution in [2.75, 3.05) is 13.2 Å². The quantitative estimate of drug-likeness (QED) is 0.861. The van der Waals surface area contributed by atoms with Crippen LogP contribution in [0.1, 0.15) is 43.0 Å². The first-order valence-corrected chi connectivity index (χ1v) is 7.72. The van der Waals surface area contributed by atoms with Crippen molar-refractivity contribution in [1.29, 1.82) is 5.26 Å². The molecule has 1 amide bonds. The SMILES string of the molecule is Cc1c(C#N)c(=O)[nH]c(=O)n1C1CCC(N2CCOC2=O)CC1. The molecule has 2 fully saturated rings. The Morgan fingerprint density at radius 3 is 2.39 bits per heavy atom. The van der Waals surface area contributed by atoms with Gasteiger partial charge in [-0.1, -0.05) is 0 Å². The average molecular weight is 318 g/mol. The van der Waals surface area contributed by atoms with Crippen LogP contribution in [0.3, 0.4) is 0 Å². The van der Waals surface area contributed by atoms with E-state index in [2.05, 4.69) is 4.98 Å². The number of ether oxygens (including phenoxy) is 1. The second-order valence-corrected chi connectivity index (χ2v) is 5.97. The summed E-state index contributed by atoms with van der Waals surface area (Å²) in [5, 5.41) is 9.08. The van der Waals surface area contributed by atoms with E-state index in [0.29, 0.717) is 31.7 Å². The molecule has 0 unspecified atom stereocenters. The zero-order chi connectivity index (χ0) is 16.6. The summed E-state index contributed by atoms with van der Waals surface area (Å²) in [5.41, 5.74) is -0.726. The fourth-order valence-electron chi connectivity index (χ4n) is 3.59. The molecule has 1 aromatic rings. The number of hydrogen-bond acceptors (Lipinski definition) is 5. The van der Waals surface area contributed by atoms with Crippen molar-refractivity contribution < 1.29 is 9.53 Å². The molecule has 8 heteroatoms. The highest BCUT2D eigenvalue weighted by Gasteiger charge is 2.34. The normalized spacial score (nSPS) is 24.3. The maximum absolute atomic E-state index is 12.1. The molecule has 2 aliphatic rings. The molecule has 1 aliphatic heterocycles. The van der Waals surface area contributed by atoms with E-state index in [9.17, 15) is 14.4 Å². The first kappa shape index (κ1) is 15.3. The number of hydrogen-bond donors (Lipinski definition) is 1. The number of nitrogens with zero attached hydrogens (tertiary/aromatic N) is 3. The smallest absolute Gasteiger partial charge is 0.410 e. The van der Waals surface area contributed by atoms with Gasteiger partial charge in [-0.3, -0.25) is 14.3 Å². The van der Waals surface area contributed by atoms with Gasteiger partial charge in [0.15, 0.2) is 0 Å². The van der Waals surface area contributed by atoms with E-state index in [1.54, 1.807) is 11.8 Å². The predicted molar refractivity (Wildman–Crippen MR) is 80.1 cm³/mol. The van der Waals surface area contributed by atoms with E-state index in [-0.39, 0.29) is 23.7 Å². The minimum atomic E-state index is -0.639. The monoisotopic (exact) mass is 318 g/mol. The van der Waals surface area contributed by atoms with Crippen LogP contribution in [-0.4, -0.2) is 39.7 Å². The Morgan fingerprint density at radius 1 is 1.17 bits per heavy atom. The molecule has 1 saturated heterocycles. The van der Waals surface area contributed by atoms with Gasteiger partial charge in [0.05, 0.1) is 6.54 Å². The van der Waals surface area contributed by atoms with Gasteiger partial charge in [-0.2, -0.15) is 5.26 Å². The lowest BCUT2D eigenvalue weighted by Crippen LogP contribution is -2.42. The standard InChI is InChI=1S/C15H18N4O4/c1-9-12(8-16)13(20)17-14(21)19(9)11-4-2-10(3-5-11)18-6-7-23-15(18)22/h10-11H,2-7H2,1H3,(H,17,20,21). The Kier molecular flexibility index (Phi) is 3.94. The summed E-state index contributed by atoms with van der Waals surface area (Å²) in [6, 6.07) is 1.92. The maximum Gasteiger partial charge on any atom is 0.410 e. The Balaban J connectivity index is 1.81. The summed E-state index contributed by atoms with van der Waals surface area (Å²) >= 11 is 0. The number of cyclic esters (lactones) is 1. The second-order valence-electron chi connectivity index (χ2n) is 5.97. The second kappa shape index (κ2) is 5.91. The molecular formula is C15H18N4O4. The fraction of sp³-hybridized carbons (Fsp3) is 0.600. The molecule has 3 rings (SSSR count). The molecule has 2 heterocycles. The van der Waals surface area contributed by atoms with Crippen molar-refractivity contribution in [3.8, 4) is 6.07 Å². The van der Waals surface area contributed by atoms with Gasteiger partial charge in [0.2, 0.25) is 0 Å². The summed E-state index contributed by atoms with van der Waals surface area (Å²) in [6.45, 7) is 2.67. The van der Waals surface area contributed by atoms with Gasteiger partial charge >= 0.3 is 11.8 Å². The molecule has 0 radical (unpaired) electrons. The van der Waals surface area contributed by atoms with E-state index < -0.39 is 11.2 Å². The molecule has 0 aromatic carbocycles.